The van der Waals surface area contributed by atoms with E-state index < -0.39 is 11.2 Å². The first-order valence-electron chi connectivity index (χ1n) is 10.1. The minimum absolute atomic E-state index is 0.151. The molecule has 0 amide bonds. The van der Waals surface area contributed by atoms with Gasteiger partial charge in [-0.2, -0.15) is 0 Å². The molecule has 0 saturated carbocycles. The van der Waals surface area contributed by atoms with Gasteiger partial charge in [-0.05, 0) is 42.7 Å². The molecule has 31 heavy (non-hydrogen) atoms. The van der Waals surface area contributed by atoms with Gasteiger partial charge in [0, 0.05) is 6.07 Å². The largest absolute Gasteiger partial charge is 0.502 e. The van der Waals surface area contributed by atoms with Gasteiger partial charge < -0.3 is 9.52 Å². The summed E-state index contributed by atoms with van der Waals surface area (Å²) in [4.78, 5) is 29.7. The zero-order valence-electron chi connectivity index (χ0n) is 17.1. The number of hydrogen-bond donors (Lipinski definition) is 1. The highest BCUT2D eigenvalue weighted by Gasteiger charge is 2.14. The van der Waals surface area contributed by atoms with Crippen LogP contribution in [-0.2, 0) is 12.2 Å². The van der Waals surface area contributed by atoms with E-state index in [4.69, 9.17) is 9.40 Å². The lowest BCUT2D eigenvalue weighted by molar-refractivity contribution is 0.419. The molecular formula is C24H22N2O4S. The second kappa shape index (κ2) is 9.22. The van der Waals surface area contributed by atoms with Gasteiger partial charge in [0.25, 0.3) is 5.56 Å². The molecule has 2 aromatic heterocycles. The van der Waals surface area contributed by atoms with Crippen LogP contribution in [0.4, 0.5) is 0 Å². The van der Waals surface area contributed by atoms with Crippen molar-refractivity contribution in [2.75, 3.05) is 0 Å². The molecule has 1 N–H and O–H groups in total. The number of benzene rings is 2. The molecule has 4 aromatic rings. The lowest BCUT2D eigenvalue weighted by Crippen LogP contribution is -2.21. The van der Waals surface area contributed by atoms with Gasteiger partial charge in [-0.3, -0.25) is 14.2 Å². The maximum absolute atomic E-state index is 13.3. The Kier molecular flexibility index (Phi) is 6.23. The fraction of sp³-hybridized carbons (Fsp3) is 0.208. The molecule has 0 aliphatic rings. The van der Waals surface area contributed by atoms with E-state index in [1.54, 1.807) is 16.7 Å². The highest BCUT2D eigenvalue weighted by atomic mass is 32.2. The van der Waals surface area contributed by atoms with Crippen LogP contribution in [0.1, 0.15) is 31.1 Å². The van der Waals surface area contributed by atoms with Crippen LogP contribution in [0.2, 0.25) is 0 Å². The summed E-state index contributed by atoms with van der Waals surface area (Å²) < 4.78 is 6.88. The van der Waals surface area contributed by atoms with Crippen LogP contribution in [0.15, 0.2) is 80.0 Å². The minimum atomic E-state index is -0.506. The average Bonchev–Trinajstić information content (AvgIpc) is 2.79. The molecule has 0 spiro atoms. The number of nitrogens with zero attached hydrogens (tertiary/aromatic N) is 2. The van der Waals surface area contributed by atoms with Crippen LogP contribution in [0.5, 0.6) is 5.75 Å². The summed E-state index contributed by atoms with van der Waals surface area (Å²) in [7, 11) is 0. The smallest absolute Gasteiger partial charge is 0.266 e. The Labute approximate surface area is 183 Å². The molecule has 6 nitrogen and oxygen atoms in total. The summed E-state index contributed by atoms with van der Waals surface area (Å²) in [5.41, 5.74) is 1.92. The van der Waals surface area contributed by atoms with Gasteiger partial charge >= 0.3 is 0 Å². The highest BCUT2D eigenvalue weighted by molar-refractivity contribution is 7.98. The van der Waals surface area contributed by atoms with Crippen molar-refractivity contribution in [3.63, 3.8) is 0 Å². The van der Waals surface area contributed by atoms with Crippen LogP contribution in [0.25, 0.3) is 16.6 Å². The number of rotatable bonds is 7. The normalized spacial score (nSPS) is 11.1. The number of thioether (sulfide) groups is 1. The monoisotopic (exact) mass is 434 g/mol. The SMILES string of the molecule is CCCCc1ccc(-n2c(SCc3cc(=O)c(O)co3)nc3ccccc3c2=O)cc1. The third kappa shape index (κ3) is 4.56. The molecule has 0 saturated heterocycles. The molecule has 0 atom stereocenters. The Morgan fingerprint density at radius 3 is 2.61 bits per heavy atom. The van der Waals surface area contributed by atoms with Gasteiger partial charge in [-0.15, -0.1) is 0 Å². The van der Waals surface area contributed by atoms with Gasteiger partial charge in [0.2, 0.25) is 5.43 Å². The predicted octanol–water partition coefficient (Wildman–Crippen LogP) is 4.68. The van der Waals surface area contributed by atoms with Gasteiger partial charge in [0.05, 0.1) is 22.3 Å². The maximum Gasteiger partial charge on any atom is 0.266 e. The van der Waals surface area contributed by atoms with E-state index in [-0.39, 0.29) is 11.3 Å². The van der Waals surface area contributed by atoms with Crippen LogP contribution in [0.3, 0.4) is 0 Å². The van der Waals surface area contributed by atoms with E-state index in [2.05, 4.69) is 6.92 Å². The fourth-order valence-electron chi connectivity index (χ4n) is 3.28. The number of hydrogen-bond acceptors (Lipinski definition) is 6. The van der Waals surface area contributed by atoms with E-state index >= 15 is 0 Å². The number of aromatic hydroxyl groups is 1. The third-order valence-electron chi connectivity index (χ3n) is 4.97. The van der Waals surface area contributed by atoms with Crippen LogP contribution >= 0.6 is 11.8 Å². The number of aryl methyl sites for hydroxylation is 1. The summed E-state index contributed by atoms with van der Waals surface area (Å²) in [6.07, 6.45) is 4.27. The second-order valence-corrected chi connectivity index (χ2v) is 8.15. The summed E-state index contributed by atoms with van der Waals surface area (Å²) >= 11 is 1.29. The van der Waals surface area contributed by atoms with Gasteiger partial charge in [0.1, 0.15) is 12.0 Å². The van der Waals surface area contributed by atoms with Crippen molar-refractivity contribution in [3.05, 3.63) is 92.8 Å². The fourth-order valence-corrected chi connectivity index (χ4v) is 4.19. The van der Waals surface area contributed by atoms with Crippen LogP contribution < -0.4 is 11.0 Å². The van der Waals surface area contributed by atoms with E-state index in [9.17, 15) is 14.7 Å². The number of para-hydroxylation sites is 1. The van der Waals surface area contributed by atoms with Crippen molar-refractivity contribution in [1.29, 1.82) is 0 Å². The highest BCUT2D eigenvalue weighted by Crippen LogP contribution is 2.25. The predicted molar refractivity (Wildman–Crippen MR) is 122 cm³/mol. The number of fused-ring (bicyclic) bond motifs is 1. The average molecular weight is 435 g/mol. The summed E-state index contributed by atoms with van der Waals surface area (Å²) in [6.45, 7) is 2.16. The molecular weight excluding hydrogens is 412 g/mol. The molecule has 0 aliphatic carbocycles. The van der Waals surface area contributed by atoms with Crippen molar-refractivity contribution >= 4 is 22.7 Å². The van der Waals surface area contributed by atoms with Crippen LogP contribution in [0, 0.1) is 0 Å². The van der Waals surface area contributed by atoms with E-state index in [0.29, 0.717) is 21.8 Å². The van der Waals surface area contributed by atoms with Gasteiger partial charge in [-0.25, -0.2) is 4.98 Å². The molecule has 0 aliphatic heterocycles. The molecule has 4 rings (SSSR count). The first kappa shape index (κ1) is 20.9. The van der Waals surface area contributed by atoms with Gasteiger partial charge in [0.15, 0.2) is 10.9 Å². The standard InChI is InChI=1S/C24H22N2O4S/c1-2-3-6-16-9-11-17(12-10-16)26-23(29)19-7-4-5-8-20(19)25-24(26)31-15-18-13-21(27)22(28)14-30-18/h4-5,7-14,28H,2-3,6,15H2,1H3. The molecule has 0 radical (unpaired) electrons. The van der Waals surface area contributed by atoms with E-state index in [1.807, 2.05) is 36.4 Å². The first-order chi connectivity index (χ1) is 15.1. The summed E-state index contributed by atoms with van der Waals surface area (Å²) in [6, 6.07) is 16.4. The van der Waals surface area contributed by atoms with Crippen molar-refractivity contribution in [2.24, 2.45) is 0 Å². The Bertz CT molecular complexity index is 1330. The van der Waals surface area contributed by atoms with Crippen molar-refractivity contribution in [1.82, 2.24) is 9.55 Å². The Morgan fingerprint density at radius 2 is 1.87 bits per heavy atom. The Morgan fingerprint density at radius 1 is 1.10 bits per heavy atom. The lowest BCUT2D eigenvalue weighted by atomic mass is 10.1. The molecule has 2 aromatic carbocycles. The number of unbranched alkanes of at least 4 members (excludes halogenated alkanes) is 1. The van der Waals surface area contributed by atoms with E-state index in [1.165, 1.54) is 23.4 Å². The van der Waals surface area contributed by atoms with Crippen molar-refractivity contribution < 1.29 is 9.52 Å². The summed E-state index contributed by atoms with van der Waals surface area (Å²) in [5, 5.41) is 10.4. The number of aromatic nitrogens is 2. The van der Waals surface area contributed by atoms with Crippen molar-refractivity contribution in [2.45, 2.75) is 37.1 Å². The van der Waals surface area contributed by atoms with E-state index in [0.717, 1.165) is 31.2 Å². The lowest BCUT2D eigenvalue weighted by Gasteiger charge is -2.13. The van der Waals surface area contributed by atoms with Crippen LogP contribution in [-0.4, -0.2) is 14.7 Å². The molecule has 0 bridgehead atoms. The maximum atomic E-state index is 13.3. The van der Waals surface area contributed by atoms with Crippen molar-refractivity contribution in [3.8, 4) is 11.4 Å². The topological polar surface area (TPSA) is 85.3 Å². The molecule has 2 heterocycles. The summed E-state index contributed by atoms with van der Waals surface area (Å²) in [5.74, 6) is 0.240. The third-order valence-corrected chi connectivity index (χ3v) is 5.93. The zero-order chi connectivity index (χ0) is 21.8. The molecule has 0 unspecified atom stereocenters. The zero-order valence-corrected chi connectivity index (χ0v) is 17.9. The molecule has 158 valence electrons. The quantitative estimate of drug-likeness (QED) is 0.336. The second-order valence-electron chi connectivity index (χ2n) is 7.21. The molecule has 7 heteroatoms. The first-order valence-corrected chi connectivity index (χ1v) is 11.1. The molecule has 0 fully saturated rings. The Hall–Kier alpha value is -3.32. The van der Waals surface area contributed by atoms with Gasteiger partial charge in [-0.1, -0.05) is 49.4 Å². The Balaban J connectivity index is 1.75. The minimum Gasteiger partial charge on any atom is -0.502 e.